The third kappa shape index (κ3) is 2.90. The lowest BCUT2D eigenvalue weighted by molar-refractivity contribution is -0.123. The van der Waals surface area contributed by atoms with Gasteiger partial charge in [0.25, 0.3) is 0 Å². The molecule has 0 radical (unpaired) electrons. The zero-order valence-corrected chi connectivity index (χ0v) is 10.3. The topological polar surface area (TPSA) is 58.2 Å². The zero-order chi connectivity index (χ0) is 12.4. The van der Waals surface area contributed by atoms with Crippen molar-refractivity contribution in [2.45, 2.75) is 6.42 Å². The van der Waals surface area contributed by atoms with E-state index in [2.05, 4.69) is 10.6 Å². The summed E-state index contributed by atoms with van der Waals surface area (Å²) in [6.45, 7) is 0.381. The van der Waals surface area contributed by atoms with Crippen molar-refractivity contribution in [1.82, 2.24) is 5.32 Å². The number of hydrogen-bond acceptors (Lipinski definition) is 2. The molecule has 0 aromatic heterocycles. The van der Waals surface area contributed by atoms with E-state index in [0.717, 1.165) is 0 Å². The largest absolute Gasteiger partial charge is 0.355 e. The van der Waals surface area contributed by atoms with Crippen molar-refractivity contribution in [2.24, 2.45) is 5.92 Å². The quantitative estimate of drug-likeness (QED) is 0.866. The van der Waals surface area contributed by atoms with E-state index in [1.165, 1.54) is 0 Å². The van der Waals surface area contributed by atoms with Gasteiger partial charge in [0.1, 0.15) is 0 Å². The molecule has 6 heteroatoms. The summed E-state index contributed by atoms with van der Waals surface area (Å²) in [6, 6.07) is 4.85. The Hall–Kier alpha value is -1.26. The van der Waals surface area contributed by atoms with E-state index in [9.17, 15) is 9.59 Å². The fraction of sp³-hybridized carbons (Fsp3) is 0.273. The zero-order valence-electron chi connectivity index (χ0n) is 8.80. The molecule has 1 atom stereocenters. The molecule has 1 aromatic carbocycles. The van der Waals surface area contributed by atoms with Gasteiger partial charge in [-0.15, -0.1) is 0 Å². The van der Waals surface area contributed by atoms with Crippen LogP contribution in [0.3, 0.4) is 0 Å². The van der Waals surface area contributed by atoms with E-state index in [1.807, 2.05) is 0 Å². The Balaban J connectivity index is 2.03. The minimum Gasteiger partial charge on any atom is -0.355 e. The van der Waals surface area contributed by atoms with Gasteiger partial charge in [-0.1, -0.05) is 23.2 Å². The molecule has 0 aliphatic carbocycles. The molecule has 1 aliphatic rings. The molecule has 1 aliphatic heterocycles. The molecule has 0 bridgehead atoms. The number of anilines is 1. The van der Waals surface area contributed by atoms with Crippen LogP contribution in [-0.2, 0) is 9.59 Å². The van der Waals surface area contributed by atoms with E-state index in [-0.39, 0.29) is 24.2 Å². The molecule has 1 unspecified atom stereocenters. The van der Waals surface area contributed by atoms with Crippen LogP contribution in [0.2, 0.25) is 10.0 Å². The predicted molar refractivity (Wildman–Crippen MR) is 66.2 cm³/mol. The van der Waals surface area contributed by atoms with Crippen LogP contribution in [0.1, 0.15) is 6.42 Å². The van der Waals surface area contributed by atoms with Gasteiger partial charge in [0.15, 0.2) is 0 Å². The Kier molecular flexibility index (Phi) is 3.54. The first-order valence-corrected chi connectivity index (χ1v) is 5.84. The highest BCUT2D eigenvalue weighted by Crippen LogP contribution is 2.25. The summed E-state index contributed by atoms with van der Waals surface area (Å²) in [5.74, 6) is -0.613. The Bertz CT molecular complexity index is 477. The second kappa shape index (κ2) is 4.94. The highest BCUT2D eigenvalue weighted by molar-refractivity contribution is 6.42. The number of nitrogens with one attached hydrogen (secondary N) is 2. The predicted octanol–water partition coefficient (Wildman–Crippen LogP) is 2.07. The highest BCUT2D eigenvalue weighted by Gasteiger charge is 2.27. The number of rotatable bonds is 2. The molecule has 17 heavy (non-hydrogen) atoms. The molecular weight excluding hydrogens is 263 g/mol. The Morgan fingerprint density at radius 2 is 2.12 bits per heavy atom. The number of carbonyl (C=O) groups is 2. The minimum absolute atomic E-state index is 0.0979. The molecule has 1 saturated heterocycles. The van der Waals surface area contributed by atoms with Gasteiger partial charge < -0.3 is 10.6 Å². The van der Waals surface area contributed by atoms with Crippen LogP contribution in [-0.4, -0.2) is 18.4 Å². The average molecular weight is 273 g/mol. The van der Waals surface area contributed by atoms with Crippen molar-refractivity contribution >= 4 is 40.7 Å². The number of halogens is 2. The third-order valence-electron chi connectivity index (χ3n) is 2.54. The van der Waals surface area contributed by atoms with E-state index in [0.29, 0.717) is 22.3 Å². The minimum atomic E-state index is -0.322. The van der Waals surface area contributed by atoms with Crippen molar-refractivity contribution in [1.29, 1.82) is 0 Å². The molecule has 2 amide bonds. The smallest absolute Gasteiger partial charge is 0.229 e. The van der Waals surface area contributed by atoms with Gasteiger partial charge in [0, 0.05) is 18.7 Å². The molecule has 1 heterocycles. The van der Waals surface area contributed by atoms with Crippen LogP contribution in [0.5, 0.6) is 0 Å². The van der Waals surface area contributed by atoms with Crippen LogP contribution in [0.4, 0.5) is 5.69 Å². The summed E-state index contributed by atoms with van der Waals surface area (Å²) >= 11 is 11.6. The van der Waals surface area contributed by atoms with Crippen molar-refractivity contribution in [3.8, 4) is 0 Å². The van der Waals surface area contributed by atoms with Crippen LogP contribution in [0, 0.1) is 5.92 Å². The molecule has 2 N–H and O–H groups in total. The Morgan fingerprint density at radius 3 is 2.71 bits per heavy atom. The monoisotopic (exact) mass is 272 g/mol. The van der Waals surface area contributed by atoms with Crippen molar-refractivity contribution in [3.05, 3.63) is 28.2 Å². The van der Waals surface area contributed by atoms with Crippen LogP contribution in [0.15, 0.2) is 18.2 Å². The number of amides is 2. The van der Waals surface area contributed by atoms with Gasteiger partial charge in [-0.05, 0) is 18.2 Å². The van der Waals surface area contributed by atoms with E-state index < -0.39 is 0 Å². The standard InChI is InChI=1S/C11H10Cl2N2O2/c12-8-2-1-7(4-9(8)13)15-11(17)6-3-10(16)14-5-6/h1-2,4,6H,3,5H2,(H,14,16)(H,15,17). The Labute approximate surface area is 108 Å². The van der Waals surface area contributed by atoms with Crippen molar-refractivity contribution in [3.63, 3.8) is 0 Å². The van der Waals surface area contributed by atoms with Gasteiger partial charge in [-0.25, -0.2) is 0 Å². The second-order valence-corrected chi connectivity index (χ2v) is 4.64. The van der Waals surface area contributed by atoms with Gasteiger partial charge in [-0.2, -0.15) is 0 Å². The lowest BCUT2D eigenvalue weighted by Crippen LogP contribution is -2.24. The SMILES string of the molecule is O=C1CC(C(=O)Nc2ccc(Cl)c(Cl)c2)CN1. The van der Waals surface area contributed by atoms with E-state index in [4.69, 9.17) is 23.2 Å². The maximum atomic E-state index is 11.8. The molecule has 1 fully saturated rings. The fourth-order valence-corrected chi connectivity index (χ4v) is 1.91. The number of carbonyl (C=O) groups excluding carboxylic acids is 2. The summed E-state index contributed by atoms with van der Waals surface area (Å²) in [5, 5.41) is 6.12. The van der Waals surface area contributed by atoms with E-state index >= 15 is 0 Å². The van der Waals surface area contributed by atoms with Gasteiger partial charge in [-0.3, -0.25) is 9.59 Å². The number of hydrogen-bond donors (Lipinski definition) is 2. The number of benzene rings is 1. The first kappa shape index (κ1) is 12.2. The first-order valence-electron chi connectivity index (χ1n) is 5.09. The first-order chi connectivity index (χ1) is 8.06. The third-order valence-corrected chi connectivity index (χ3v) is 3.27. The maximum Gasteiger partial charge on any atom is 0.229 e. The van der Waals surface area contributed by atoms with Crippen LogP contribution in [0.25, 0.3) is 0 Å². The van der Waals surface area contributed by atoms with Crippen molar-refractivity contribution < 1.29 is 9.59 Å². The molecule has 4 nitrogen and oxygen atoms in total. The summed E-state index contributed by atoms with van der Waals surface area (Å²) < 4.78 is 0. The molecule has 90 valence electrons. The molecular formula is C11H10Cl2N2O2. The van der Waals surface area contributed by atoms with Crippen LogP contribution >= 0.6 is 23.2 Å². The average Bonchev–Trinajstić information content (AvgIpc) is 2.70. The van der Waals surface area contributed by atoms with Gasteiger partial charge in [0.2, 0.25) is 11.8 Å². The van der Waals surface area contributed by atoms with Gasteiger partial charge >= 0.3 is 0 Å². The maximum absolute atomic E-state index is 11.8. The summed E-state index contributed by atoms with van der Waals surface area (Å²) in [7, 11) is 0. The molecule has 0 spiro atoms. The molecule has 0 saturated carbocycles. The van der Waals surface area contributed by atoms with E-state index in [1.54, 1.807) is 18.2 Å². The normalized spacial score (nSPS) is 18.9. The second-order valence-electron chi connectivity index (χ2n) is 3.82. The lowest BCUT2D eigenvalue weighted by atomic mass is 10.1. The Morgan fingerprint density at radius 1 is 1.35 bits per heavy atom. The summed E-state index contributed by atoms with van der Waals surface area (Å²) in [4.78, 5) is 22.8. The molecule has 2 rings (SSSR count). The lowest BCUT2D eigenvalue weighted by Gasteiger charge is -2.09. The molecule has 1 aromatic rings. The fourth-order valence-electron chi connectivity index (χ4n) is 1.61. The summed E-state index contributed by atoms with van der Waals surface area (Å²) in [5.41, 5.74) is 0.573. The van der Waals surface area contributed by atoms with Crippen molar-refractivity contribution in [2.75, 3.05) is 11.9 Å². The van der Waals surface area contributed by atoms with Crippen LogP contribution < -0.4 is 10.6 Å². The summed E-state index contributed by atoms with van der Waals surface area (Å²) in [6.07, 6.45) is 0.229. The van der Waals surface area contributed by atoms with Gasteiger partial charge in [0.05, 0.1) is 16.0 Å². The highest BCUT2D eigenvalue weighted by atomic mass is 35.5.